The zero-order valence-electron chi connectivity index (χ0n) is 11.4. The third kappa shape index (κ3) is 5.31. The molecule has 1 heterocycles. The van der Waals surface area contributed by atoms with Gasteiger partial charge in [0.2, 0.25) is 6.17 Å². The van der Waals surface area contributed by atoms with Crippen molar-refractivity contribution < 1.29 is 14.8 Å². The Morgan fingerprint density at radius 1 is 1.38 bits per heavy atom. The van der Waals surface area contributed by atoms with E-state index in [9.17, 15) is 4.79 Å². The first-order chi connectivity index (χ1) is 9.97. The van der Waals surface area contributed by atoms with Gasteiger partial charge in [-0.05, 0) is 25.0 Å². The van der Waals surface area contributed by atoms with E-state index in [4.69, 9.17) is 39.5 Å². The minimum atomic E-state index is -1.59. The van der Waals surface area contributed by atoms with Gasteiger partial charge in [-0.3, -0.25) is 10.1 Å². The fourth-order valence-electron chi connectivity index (χ4n) is 2.21. The molecule has 1 saturated heterocycles. The number of hydrogen-bond donors (Lipinski definition) is 2. The van der Waals surface area contributed by atoms with Crippen molar-refractivity contribution in [3.8, 4) is 0 Å². The maximum atomic E-state index is 12.2. The zero-order chi connectivity index (χ0) is 15.3. The molecule has 1 aromatic rings. The summed E-state index contributed by atoms with van der Waals surface area (Å²) in [5, 5.41) is 4.56. The molecule has 0 unspecified atom stereocenters. The van der Waals surface area contributed by atoms with E-state index < -0.39 is 9.96 Å². The van der Waals surface area contributed by atoms with Crippen LogP contribution < -0.4 is 10.6 Å². The van der Waals surface area contributed by atoms with Crippen molar-refractivity contribution in [3.05, 3.63) is 35.9 Å². The van der Waals surface area contributed by atoms with Gasteiger partial charge in [0.15, 0.2) is 0 Å². The predicted molar refractivity (Wildman–Crippen MR) is 83.8 cm³/mol. The molecule has 1 amide bonds. The summed E-state index contributed by atoms with van der Waals surface area (Å²) in [6, 6.07) is 8.84. The summed E-state index contributed by atoms with van der Waals surface area (Å²) in [4.78, 5) is 12.2. The highest BCUT2D eigenvalue weighted by Gasteiger charge is 2.38. The topological polar surface area (TPSA) is 54.9 Å². The summed E-state index contributed by atoms with van der Waals surface area (Å²) >= 11 is 17.9. The van der Waals surface area contributed by atoms with Crippen LogP contribution >= 0.6 is 34.8 Å². The molecule has 116 valence electrons. The van der Waals surface area contributed by atoms with E-state index in [1.165, 1.54) is 0 Å². The highest BCUT2D eigenvalue weighted by atomic mass is 35.6. The van der Waals surface area contributed by atoms with E-state index in [1.807, 2.05) is 11.4 Å². The molecule has 21 heavy (non-hydrogen) atoms. The zero-order valence-corrected chi connectivity index (χ0v) is 13.7. The molecule has 1 aromatic carbocycles. The molecular formula is C14H18Cl3N2O2+. The number of alkyl halides is 3. The molecule has 4 nitrogen and oxygen atoms in total. The molecule has 0 aromatic heterocycles. The van der Waals surface area contributed by atoms with Crippen LogP contribution in [0.5, 0.6) is 0 Å². The van der Waals surface area contributed by atoms with Crippen molar-refractivity contribution >= 4 is 40.7 Å². The number of nitrogens with two attached hydrogens (primary N) is 1. The smallest absolute Gasteiger partial charge is 0.262 e. The number of carbonyl (C=O) groups is 1. The van der Waals surface area contributed by atoms with Crippen LogP contribution in [-0.4, -0.2) is 35.1 Å². The molecule has 0 bridgehead atoms. The summed E-state index contributed by atoms with van der Waals surface area (Å²) in [7, 11) is 0. The quantitative estimate of drug-likeness (QED) is 0.628. The fourth-order valence-corrected chi connectivity index (χ4v) is 2.64. The molecule has 0 saturated carbocycles. The van der Waals surface area contributed by atoms with Gasteiger partial charge in [-0.15, -0.1) is 0 Å². The minimum Gasteiger partial charge on any atom is -0.372 e. The van der Waals surface area contributed by atoms with Crippen molar-refractivity contribution in [2.24, 2.45) is 0 Å². The van der Waals surface area contributed by atoms with Crippen LogP contribution in [0.25, 0.3) is 0 Å². The second kappa shape index (κ2) is 7.65. The molecular weight excluding hydrogens is 335 g/mol. The minimum absolute atomic E-state index is 0.147. The summed E-state index contributed by atoms with van der Waals surface area (Å²) in [5.74, 6) is -0.268. The number of rotatable bonds is 5. The van der Waals surface area contributed by atoms with Crippen LogP contribution in [0.1, 0.15) is 23.2 Å². The lowest BCUT2D eigenvalue weighted by atomic mass is 10.2. The molecule has 1 aliphatic rings. The average molecular weight is 353 g/mol. The number of hydrogen-bond acceptors (Lipinski definition) is 2. The molecule has 0 radical (unpaired) electrons. The SMILES string of the molecule is O=C(N[C@@H]([NH2+]C[C@@H]1CCCO1)C(Cl)(Cl)Cl)c1ccccc1. The Labute approximate surface area is 139 Å². The normalized spacial score (nSPS) is 20.2. The second-order valence-corrected chi connectivity index (χ2v) is 7.33. The van der Waals surface area contributed by atoms with Crippen LogP contribution in [0, 0.1) is 0 Å². The average Bonchev–Trinajstić information content (AvgIpc) is 2.96. The molecule has 2 rings (SSSR count). The number of halogens is 3. The third-order valence-electron chi connectivity index (χ3n) is 3.33. The van der Waals surface area contributed by atoms with Crippen molar-refractivity contribution in [3.63, 3.8) is 0 Å². The van der Waals surface area contributed by atoms with Crippen LogP contribution in [0.3, 0.4) is 0 Å². The van der Waals surface area contributed by atoms with Gasteiger partial charge in [0.25, 0.3) is 9.70 Å². The Morgan fingerprint density at radius 2 is 2.10 bits per heavy atom. The number of benzene rings is 1. The lowest BCUT2D eigenvalue weighted by Gasteiger charge is -2.24. The van der Waals surface area contributed by atoms with Crippen LogP contribution in [0.2, 0.25) is 0 Å². The largest absolute Gasteiger partial charge is 0.372 e. The molecule has 1 fully saturated rings. The van der Waals surface area contributed by atoms with Crippen molar-refractivity contribution in [1.82, 2.24) is 5.32 Å². The second-order valence-electron chi connectivity index (χ2n) is 4.97. The summed E-state index contributed by atoms with van der Waals surface area (Å²) in [5.41, 5.74) is 0.530. The Morgan fingerprint density at radius 3 is 2.67 bits per heavy atom. The Hall–Kier alpha value is -0.520. The van der Waals surface area contributed by atoms with E-state index >= 15 is 0 Å². The Kier molecular flexibility index (Phi) is 6.14. The van der Waals surface area contributed by atoms with E-state index in [1.54, 1.807) is 24.3 Å². The van der Waals surface area contributed by atoms with Crippen LogP contribution in [0.15, 0.2) is 30.3 Å². The van der Waals surface area contributed by atoms with Crippen molar-refractivity contribution in [1.29, 1.82) is 0 Å². The van der Waals surface area contributed by atoms with Gasteiger partial charge in [-0.2, -0.15) is 0 Å². The number of quaternary nitrogens is 1. The molecule has 2 atom stereocenters. The number of nitrogens with one attached hydrogen (secondary N) is 1. The van der Waals surface area contributed by atoms with E-state index in [0.29, 0.717) is 12.1 Å². The highest BCUT2D eigenvalue weighted by molar-refractivity contribution is 6.68. The van der Waals surface area contributed by atoms with E-state index in [2.05, 4.69) is 5.32 Å². The van der Waals surface area contributed by atoms with Gasteiger partial charge in [0, 0.05) is 12.2 Å². The summed E-state index contributed by atoms with van der Waals surface area (Å²) in [6.07, 6.45) is 1.52. The first-order valence-electron chi connectivity index (χ1n) is 6.84. The van der Waals surface area contributed by atoms with E-state index in [0.717, 1.165) is 19.4 Å². The molecule has 1 aliphatic heterocycles. The number of carbonyl (C=O) groups excluding carboxylic acids is 1. The lowest BCUT2D eigenvalue weighted by Crippen LogP contribution is -2.97. The van der Waals surface area contributed by atoms with Gasteiger partial charge in [-0.1, -0.05) is 53.0 Å². The van der Waals surface area contributed by atoms with Gasteiger partial charge in [0.1, 0.15) is 12.6 Å². The summed E-state index contributed by atoms with van der Waals surface area (Å²) in [6.45, 7) is 1.42. The lowest BCUT2D eigenvalue weighted by molar-refractivity contribution is -0.697. The fraction of sp³-hybridized carbons (Fsp3) is 0.500. The third-order valence-corrected chi connectivity index (χ3v) is 4.04. The van der Waals surface area contributed by atoms with Crippen LogP contribution in [-0.2, 0) is 4.74 Å². The molecule has 0 spiro atoms. The monoisotopic (exact) mass is 351 g/mol. The van der Waals surface area contributed by atoms with Gasteiger partial charge >= 0.3 is 0 Å². The number of amides is 1. The summed E-state index contributed by atoms with van der Waals surface area (Å²) < 4.78 is 3.94. The maximum Gasteiger partial charge on any atom is 0.262 e. The van der Waals surface area contributed by atoms with Gasteiger partial charge in [0.05, 0.1) is 0 Å². The van der Waals surface area contributed by atoms with Crippen molar-refractivity contribution in [2.75, 3.05) is 13.2 Å². The number of ether oxygens (including phenoxy) is 1. The highest BCUT2D eigenvalue weighted by Crippen LogP contribution is 2.27. The standard InChI is InChI=1S/C14H17Cl3N2O2/c15-14(16,17)13(18-9-11-7-4-8-21-11)19-12(20)10-5-2-1-3-6-10/h1-3,5-6,11,13,18H,4,7-9H2,(H,19,20)/p+1/t11-,13+/m0/s1. The Balaban J connectivity index is 1.94. The first-order valence-corrected chi connectivity index (χ1v) is 7.98. The predicted octanol–water partition coefficient (Wildman–Crippen LogP) is 1.86. The van der Waals surface area contributed by atoms with E-state index in [-0.39, 0.29) is 12.0 Å². The molecule has 0 aliphatic carbocycles. The molecule has 7 heteroatoms. The van der Waals surface area contributed by atoms with Crippen molar-refractivity contribution in [2.45, 2.75) is 28.9 Å². The van der Waals surface area contributed by atoms with Crippen LogP contribution in [0.4, 0.5) is 0 Å². The Bertz CT molecular complexity index is 459. The first kappa shape index (κ1) is 16.8. The van der Waals surface area contributed by atoms with Gasteiger partial charge in [-0.25, -0.2) is 0 Å². The van der Waals surface area contributed by atoms with Gasteiger partial charge < -0.3 is 10.1 Å². The maximum absolute atomic E-state index is 12.2. The molecule has 3 N–H and O–H groups in total.